The van der Waals surface area contributed by atoms with E-state index in [0.717, 1.165) is 33.0 Å². The molecule has 0 spiro atoms. The van der Waals surface area contributed by atoms with E-state index >= 15 is 0 Å². The molecule has 3 heterocycles. The number of aromatic nitrogens is 2. The first-order chi connectivity index (χ1) is 14.9. The van der Waals surface area contributed by atoms with Crippen LogP contribution in [-0.4, -0.2) is 9.97 Å². The van der Waals surface area contributed by atoms with Crippen LogP contribution in [0.1, 0.15) is 31.2 Å². The van der Waals surface area contributed by atoms with Crippen LogP contribution >= 0.6 is 11.3 Å². The third-order valence-corrected chi connectivity index (χ3v) is 7.01. The van der Waals surface area contributed by atoms with Gasteiger partial charge in [0.25, 0.3) is 0 Å². The van der Waals surface area contributed by atoms with Crippen molar-refractivity contribution in [2.45, 2.75) is 33.1 Å². The molecular weight excluding hydrogens is 400 g/mol. The number of benzene rings is 3. The Hall–Kier alpha value is -3.24. The van der Waals surface area contributed by atoms with Crippen molar-refractivity contribution in [3.05, 3.63) is 71.4 Å². The molecule has 0 aliphatic heterocycles. The Morgan fingerprint density at radius 2 is 1.71 bits per heavy atom. The predicted octanol–water partition coefficient (Wildman–Crippen LogP) is 8.02. The van der Waals surface area contributed by atoms with Gasteiger partial charge in [0, 0.05) is 25.9 Å². The monoisotopic (exact) mass is 422 g/mol. The Balaban J connectivity index is 1.72. The van der Waals surface area contributed by atoms with Gasteiger partial charge in [0.05, 0.1) is 11.1 Å². The lowest BCUT2D eigenvalue weighted by Crippen LogP contribution is -2.12. The molecule has 0 aliphatic carbocycles. The molecule has 0 aliphatic rings. The van der Waals surface area contributed by atoms with Gasteiger partial charge in [-0.05, 0) is 59.0 Å². The van der Waals surface area contributed by atoms with Gasteiger partial charge in [0.1, 0.15) is 11.9 Å². The van der Waals surface area contributed by atoms with Gasteiger partial charge in [0.2, 0.25) is 5.71 Å². The number of thiophene rings is 1. The van der Waals surface area contributed by atoms with Crippen LogP contribution < -0.4 is 0 Å². The average molecular weight is 423 g/mol. The minimum absolute atomic E-state index is 0.0145. The van der Waals surface area contributed by atoms with E-state index in [2.05, 4.69) is 87.3 Å². The molecule has 0 saturated carbocycles. The first-order valence-electron chi connectivity index (χ1n) is 10.5. The van der Waals surface area contributed by atoms with Gasteiger partial charge in [-0.3, -0.25) is 0 Å². The highest BCUT2D eigenvalue weighted by Gasteiger charge is 2.21. The molecule has 0 fully saturated rings. The van der Waals surface area contributed by atoms with Crippen molar-refractivity contribution in [1.29, 1.82) is 0 Å². The minimum Gasteiger partial charge on any atom is -0.437 e. The van der Waals surface area contributed by atoms with Gasteiger partial charge in [-0.15, -0.1) is 11.3 Å². The fraction of sp³-hybridized carbons (Fsp3) is 0.185. The molecule has 6 aromatic rings. The van der Waals surface area contributed by atoms with Crippen molar-refractivity contribution in [3.63, 3.8) is 0 Å². The number of nitrogens with zero attached hydrogens (tertiary/aromatic N) is 2. The molecule has 0 amide bonds. The van der Waals surface area contributed by atoms with Crippen LogP contribution in [0, 0.1) is 6.92 Å². The van der Waals surface area contributed by atoms with E-state index in [-0.39, 0.29) is 5.41 Å². The van der Waals surface area contributed by atoms with Crippen LogP contribution in [0.5, 0.6) is 0 Å². The highest BCUT2D eigenvalue weighted by molar-refractivity contribution is 7.19. The zero-order chi connectivity index (χ0) is 21.3. The molecule has 0 radical (unpaired) electrons. The second-order valence-corrected chi connectivity index (χ2v) is 10.5. The molecule has 0 atom stereocenters. The Labute approximate surface area is 184 Å². The topological polar surface area (TPSA) is 38.9 Å². The molecule has 6 rings (SSSR count). The highest BCUT2D eigenvalue weighted by Crippen LogP contribution is 2.41. The third-order valence-electron chi connectivity index (χ3n) is 6.00. The summed E-state index contributed by atoms with van der Waals surface area (Å²) >= 11 is 1.79. The van der Waals surface area contributed by atoms with Crippen molar-refractivity contribution >= 4 is 54.3 Å². The number of furan rings is 1. The van der Waals surface area contributed by atoms with E-state index in [4.69, 9.17) is 9.40 Å². The van der Waals surface area contributed by atoms with Crippen molar-refractivity contribution in [2.75, 3.05) is 0 Å². The zero-order valence-electron chi connectivity index (χ0n) is 18.0. The van der Waals surface area contributed by atoms with E-state index in [9.17, 15) is 0 Å². The first kappa shape index (κ1) is 18.5. The maximum Gasteiger partial charge on any atom is 0.231 e. The fourth-order valence-electron chi connectivity index (χ4n) is 4.59. The predicted molar refractivity (Wildman–Crippen MR) is 131 cm³/mol. The third kappa shape index (κ3) is 2.78. The zero-order valence-corrected chi connectivity index (χ0v) is 18.8. The van der Waals surface area contributed by atoms with Crippen molar-refractivity contribution < 1.29 is 4.42 Å². The summed E-state index contributed by atoms with van der Waals surface area (Å²) in [4.78, 5) is 10.5. The molecule has 0 bridgehead atoms. The fourth-order valence-corrected chi connectivity index (χ4v) is 5.51. The summed E-state index contributed by atoms with van der Waals surface area (Å²) in [5.41, 5.74) is 4.89. The van der Waals surface area contributed by atoms with Crippen LogP contribution in [0.2, 0.25) is 0 Å². The second-order valence-electron chi connectivity index (χ2n) is 9.21. The normalized spacial score (nSPS) is 12.5. The molecule has 4 heteroatoms. The maximum atomic E-state index is 6.28. The Morgan fingerprint density at radius 1 is 0.871 bits per heavy atom. The lowest BCUT2D eigenvalue weighted by molar-refractivity contribution is 0.596. The Morgan fingerprint density at radius 3 is 2.55 bits per heavy atom. The summed E-state index contributed by atoms with van der Waals surface area (Å²) in [5.74, 6) is 0. The van der Waals surface area contributed by atoms with Gasteiger partial charge < -0.3 is 4.42 Å². The number of hydrogen-bond donors (Lipinski definition) is 0. The van der Waals surface area contributed by atoms with Gasteiger partial charge in [-0.25, -0.2) is 9.97 Å². The van der Waals surface area contributed by atoms with Gasteiger partial charge >= 0.3 is 0 Å². The van der Waals surface area contributed by atoms with Crippen LogP contribution in [-0.2, 0) is 5.41 Å². The van der Waals surface area contributed by atoms with E-state index in [1.54, 1.807) is 17.7 Å². The molecule has 0 saturated heterocycles. The number of aryl methyl sites for hydroxylation is 1. The molecule has 152 valence electrons. The Bertz CT molecular complexity index is 1630. The van der Waals surface area contributed by atoms with E-state index in [1.165, 1.54) is 25.9 Å². The van der Waals surface area contributed by atoms with Gasteiger partial charge in [-0.2, -0.15) is 0 Å². The summed E-state index contributed by atoms with van der Waals surface area (Å²) in [6.07, 6.45) is 1.61. The standard InChI is InChI=1S/C27H22N2OS/c1-15-11-20-22(31-15)10-9-19-23-24(28-14-29-26(23)30-25(19)20)17-12-16-7-5-6-8-18(16)21(13-17)27(2,3)4/h5-14H,1-4H3. The summed E-state index contributed by atoms with van der Waals surface area (Å²) in [6, 6.07) is 19.6. The number of rotatable bonds is 1. The number of fused-ring (bicyclic) bond motifs is 6. The second kappa shape index (κ2) is 6.38. The molecule has 31 heavy (non-hydrogen) atoms. The van der Waals surface area contributed by atoms with Crippen LogP contribution in [0.4, 0.5) is 0 Å². The molecule has 0 unspecified atom stereocenters. The van der Waals surface area contributed by atoms with Crippen LogP contribution in [0.3, 0.4) is 0 Å². The summed E-state index contributed by atoms with van der Waals surface area (Å²) in [5, 5.41) is 5.72. The van der Waals surface area contributed by atoms with Crippen molar-refractivity contribution in [3.8, 4) is 11.3 Å². The van der Waals surface area contributed by atoms with E-state index < -0.39 is 0 Å². The summed E-state index contributed by atoms with van der Waals surface area (Å²) in [7, 11) is 0. The SMILES string of the molecule is Cc1cc2c(ccc3c2oc2ncnc(-c4cc(C(C)(C)C)c5ccccc5c4)c23)s1. The van der Waals surface area contributed by atoms with Crippen molar-refractivity contribution in [2.24, 2.45) is 0 Å². The van der Waals surface area contributed by atoms with Crippen LogP contribution in [0.15, 0.2) is 65.3 Å². The smallest absolute Gasteiger partial charge is 0.231 e. The largest absolute Gasteiger partial charge is 0.437 e. The van der Waals surface area contributed by atoms with E-state index in [0.29, 0.717) is 5.71 Å². The molecule has 3 aromatic carbocycles. The molecule has 3 aromatic heterocycles. The lowest BCUT2D eigenvalue weighted by Gasteiger charge is -2.22. The van der Waals surface area contributed by atoms with Crippen molar-refractivity contribution in [1.82, 2.24) is 9.97 Å². The first-order valence-corrected chi connectivity index (χ1v) is 11.3. The minimum atomic E-state index is 0.0145. The van der Waals surface area contributed by atoms with Gasteiger partial charge in [-0.1, -0.05) is 45.0 Å². The highest BCUT2D eigenvalue weighted by atomic mass is 32.1. The molecular formula is C27H22N2OS. The Kier molecular flexibility index (Phi) is 3.81. The average Bonchev–Trinajstić information content (AvgIpc) is 3.31. The molecule has 3 nitrogen and oxygen atoms in total. The molecule has 0 N–H and O–H groups in total. The van der Waals surface area contributed by atoms with Crippen LogP contribution in [0.25, 0.3) is 54.2 Å². The summed E-state index contributed by atoms with van der Waals surface area (Å²) in [6.45, 7) is 8.92. The summed E-state index contributed by atoms with van der Waals surface area (Å²) < 4.78 is 7.52. The number of hydrogen-bond acceptors (Lipinski definition) is 4. The quantitative estimate of drug-likeness (QED) is 0.269. The van der Waals surface area contributed by atoms with Gasteiger partial charge in [0.15, 0.2) is 0 Å². The lowest BCUT2D eigenvalue weighted by atomic mass is 9.82. The van der Waals surface area contributed by atoms with E-state index in [1.807, 2.05) is 0 Å². The maximum absolute atomic E-state index is 6.28.